The highest BCUT2D eigenvalue weighted by atomic mass is 19.1. The molecule has 0 unspecified atom stereocenters. The predicted octanol–water partition coefficient (Wildman–Crippen LogP) is 2.11. The number of hydrogen-bond donors (Lipinski definition) is 1. The van der Waals surface area contributed by atoms with Gasteiger partial charge in [0, 0.05) is 11.9 Å². The maximum Gasteiger partial charge on any atom is 0.179 e. The van der Waals surface area contributed by atoms with Gasteiger partial charge in [-0.25, -0.2) is 4.39 Å². The van der Waals surface area contributed by atoms with Crippen LogP contribution in [0.15, 0.2) is 42.4 Å². The quantitative estimate of drug-likeness (QED) is 0.549. The molecule has 0 fully saturated rings. The third-order valence-corrected chi connectivity index (χ3v) is 1.26. The van der Waals surface area contributed by atoms with Gasteiger partial charge in [0.25, 0.3) is 0 Å². The molecule has 1 N–H and O–H groups in total. The van der Waals surface area contributed by atoms with Crippen molar-refractivity contribution in [1.29, 1.82) is 0 Å². The van der Waals surface area contributed by atoms with E-state index >= 15 is 0 Å². The van der Waals surface area contributed by atoms with Gasteiger partial charge in [-0.3, -0.25) is 4.79 Å². The second-order valence-electron chi connectivity index (χ2n) is 2.16. The van der Waals surface area contributed by atoms with E-state index in [1.807, 2.05) is 18.2 Å². The molecule has 62 valence electrons. The molecule has 1 rings (SSSR count). The van der Waals surface area contributed by atoms with Gasteiger partial charge in [-0.2, -0.15) is 0 Å². The normalized spacial score (nSPS) is 10.9. The van der Waals surface area contributed by atoms with Crippen LogP contribution < -0.4 is 5.32 Å². The van der Waals surface area contributed by atoms with Gasteiger partial charge in [-0.15, -0.1) is 0 Å². The Labute approximate surface area is 69.7 Å². The molecular formula is C9H8FNO. The number of allylic oxidation sites excluding steroid dienone is 1. The number of carbonyl (C=O) groups is 1. The van der Waals surface area contributed by atoms with Crippen molar-refractivity contribution in [1.82, 2.24) is 0 Å². The molecule has 0 amide bonds. The van der Waals surface area contributed by atoms with E-state index in [4.69, 9.17) is 0 Å². The Kier molecular flexibility index (Phi) is 3.02. The van der Waals surface area contributed by atoms with E-state index in [2.05, 4.69) is 5.32 Å². The maximum absolute atomic E-state index is 12.2. The summed E-state index contributed by atoms with van der Waals surface area (Å²) in [6.45, 7) is 0. The van der Waals surface area contributed by atoms with Gasteiger partial charge in [0.2, 0.25) is 0 Å². The molecule has 0 saturated heterocycles. The molecule has 12 heavy (non-hydrogen) atoms. The Morgan fingerprint density at radius 2 is 2.00 bits per heavy atom. The number of halogens is 1. The summed E-state index contributed by atoms with van der Waals surface area (Å²) in [5.74, 6) is -0.821. The van der Waals surface area contributed by atoms with Crippen molar-refractivity contribution in [2.75, 3.05) is 5.32 Å². The standard InChI is InChI=1S/C9H8FNO/c10-8(7-12)6-11-9-4-2-1-3-5-9/h1-7,11H/b8-6-. The highest BCUT2D eigenvalue weighted by molar-refractivity contribution is 5.70. The molecule has 0 saturated carbocycles. The van der Waals surface area contributed by atoms with E-state index in [-0.39, 0.29) is 6.29 Å². The molecule has 0 heterocycles. The van der Waals surface area contributed by atoms with Gasteiger partial charge in [0.1, 0.15) is 0 Å². The number of para-hydroxylation sites is 1. The zero-order valence-electron chi connectivity index (χ0n) is 6.33. The van der Waals surface area contributed by atoms with Gasteiger partial charge in [0.05, 0.1) is 0 Å². The van der Waals surface area contributed by atoms with Crippen LogP contribution in [0.2, 0.25) is 0 Å². The van der Waals surface area contributed by atoms with Crippen molar-refractivity contribution in [2.45, 2.75) is 0 Å². The maximum atomic E-state index is 12.2. The van der Waals surface area contributed by atoms with Crippen LogP contribution in [0.5, 0.6) is 0 Å². The first-order valence-corrected chi connectivity index (χ1v) is 3.45. The number of hydrogen-bond acceptors (Lipinski definition) is 2. The van der Waals surface area contributed by atoms with Gasteiger partial charge < -0.3 is 5.32 Å². The van der Waals surface area contributed by atoms with Crippen LogP contribution in [0.25, 0.3) is 0 Å². The van der Waals surface area contributed by atoms with E-state index in [1.165, 1.54) is 0 Å². The lowest BCUT2D eigenvalue weighted by Gasteiger charge is -1.97. The summed E-state index contributed by atoms with van der Waals surface area (Å²) in [5, 5.41) is 2.63. The number of anilines is 1. The van der Waals surface area contributed by atoms with Gasteiger partial charge in [0.15, 0.2) is 12.1 Å². The Morgan fingerprint density at radius 3 is 2.58 bits per heavy atom. The number of rotatable bonds is 3. The first kappa shape index (κ1) is 8.46. The number of aldehydes is 1. The van der Waals surface area contributed by atoms with Crippen LogP contribution in [-0.2, 0) is 4.79 Å². The number of nitrogens with one attached hydrogen (secondary N) is 1. The van der Waals surface area contributed by atoms with Crippen molar-refractivity contribution in [3.63, 3.8) is 0 Å². The lowest BCUT2D eigenvalue weighted by Crippen LogP contribution is -1.88. The molecule has 0 radical (unpaired) electrons. The fraction of sp³-hybridized carbons (Fsp3) is 0. The summed E-state index contributed by atoms with van der Waals surface area (Å²) < 4.78 is 12.2. The first-order chi connectivity index (χ1) is 5.83. The average Bonchev–Trinajstić information content (AvgIpc) is 2.16. The van der Waals surface area contributed by atoms with Crippen molar-refractivity contribution in [2.24, 2.45) is 0 Å². The van der Waals surface area contributed by atoms with Crippen LogP contribution >= 0.6 is 0 Å². The molecule has 3 heteroatoms. The molecule has 0 spiro atoms. The lowest BCUT2D eigenvalue weighted by atomic mass is 10.3. The minimum absolute atomic E-state index is 0.149. The van der Waals surface area contributed by atoms with Crippen LogP contribution in [-0.4, -0.2) is 6.29 Å². The Balaban J connectivity index is 2.60. The second-order valence-corrected chi connectivity index (χ2v) is 2.16. The topological polar surface area (TPSA) is 29.1 Å². The van der Waals surface area contributed by atoms with Gasteiger partial charge in [-0.05, 0) is 12.1 Å². The Hall–Kier alpha value is -1.64. The summed E-state index contributed by atoms with van der Waals surface area (Å²) in [5.41, 5.74) is 0.745. The molecular weight excluding hydrogens is 157 g/mol. The van der Waals surface area contributed by atoms with Crippen LogP contribution in [0.3, 0.4) is 0 Å². The van der Waals surface area contributed by atoms with E-state index in [9.17, 15) is 9.18 Å². The molecule has 0 aliphatic carbocycles. The van der Waals surface area contributed by atoms with E-state index in [0.717, 1.165) is 11.9 Å². The summed E-state index contributed by atoms with van der Waals surface area (Å²) in [4.78, 5) is 9.84. The van der Waals surface area contributed by atoms with Crippen LogP contribution in [0.4, 0.5) is 10.1 Å². The zero-order valence-corrected chi connectivity index (χ0v) is 6.33. The fourth-order valence-electron chi connectivity index (χ4n) is 0.721. The van der Waals surface area contributed by atoms with Gasteiger partial charge >= 0.3 is 0 Å². The van der Waals surface area contributed by atoms with E-state index < -0.39 is 5.83 Å². The summed E-state index contributed by atoms with van der Waals surface area (Å²) >= 11 is 0. The highest BCUT2D eigenvalue weighted by Gasteiger charge is 1.89. The molecule has 1 aromatic rings. The molecule has 0 aromatic heterocycles. The minimum Gasteiger partial charge on any atom is -0.359 e. The molecule has 0 bridgehead atoms. The average molecular weight is 165 g/mol. The molecule has 0 aliphatic rings. The van der Waals surface area contributed by atoms with Crippen molar-refractivity contribution in [3.8, 4) is 0 Å². The molecule has 1 aromatic carbocycles. The Morgan fingerprint density at radius 1 is 1.33 bits per heavy atom. The van der Waals surface area contributed by atoms with Crippen molar-refractivity contribution >= 4 is 12.0 Å². The van der Waals surface area contributed by atoms with E-state index in [0.29, 0.717) is 0 Å². The monoisotopic (exact) mass is 165 g/mol. The largest absolute Gasteiger partial charge is 0.359 e. The summed E-state index contributed by atoms with van der Waals surface area (Å²) in [6, 6.07) is 9.03. The number of carbonyl (C=O) groups excluding carboxylic acids is 1. The Bertz CT molecular complexity index is 282. The molecule has 2 nitrogen and oxygen atoms in total. The smallest absolute Gasteiger partial charge is 0.179 e. The third-order valence-electron chi connectivity index (χ3n) is 1.26. The minimum atomic E-state index is -0.821. The fourth-order valence-corrected chi connectivity index (χ4v) is 0.721. The SMILES string of the molecule is O=C/C(F)=C/Nc1ccccc1. The lowest BCUT2D eigenvalue weighted by molar-refractivity contribution is -0.106. The van der Waals surface area contributed by atoms with Gasteiger partial charge in [-0.1, -0.05) is 18.2 Å². The van der Waals surface area contributed by atoms with Crippen molar-refractivity contribution in [3.05, 3.63) is 42.4 Å². The summed E-state index contributed by atoms with van der Waals surface area (Å²) in [7, 11) is 0. The third kappa shape index (κ3) is 2.54. The highest BCUT2D eigenvalue weighted by Crippen LogP contribution is 2.05. The van der Waals surface area contributed by atoms with Crippen LogP contribution in [0, 0.1) is 0 Å². The van der Waals surface area contributed by atoms with Crippen molar-refractivity contribution < 1.29 is 9.18 Å². The summed E-state index contributed by atoms with van der Waals surface area (Å²) in [6.07, 6.45) is 1.16. The number of benzene rings is 1. The van der Waals surface area contributed by atoms with E-state index in [1.54, 1.807) is 12.1 Å². The first-order valence-electron chi connectivity index (χ1n) is 3.45. The second kappa shape index (κ2) is 4.28. The predicted molar refractivity (Wildman–Crippen MR) is 45.3 cm³/mol. The molecule has 0 aliphatic heterocycles. The van der Waals surface area contributed by atoms with Crippen LogP contribution in [0.1, 0.15) is 0 Å². The molecule has 0 atom stereocenters. The zero-order chi connectivity index (χ0) is 8.81.